The van der Waals surface area contributed by atoms with Crippen molar-refractivity contribution in [3.63, 3.8) is 0 Å². The van der Waals surface area contributed by atoms with Crippen molar-refractivity contribution in [1.29, 1.82) is 0 Å². The highest BCUT2D eigenvalue weighted by molar-refractivity contribution is 5.96. The van der Waals surface area contributed by atoms with Crippen LogP contribution >= 0.6 is 0 Å². The molecule has 0 aromatic carbocycles. The lowest BCUT2D eigenvalue weighted by Crippen LogP contribution is -2.02. The lowest BCUT2D eigenvalue weighted by atomic mass is 10.3. The van der Waals surface area contributed by atoms with E-state index in [2.05, 4.69) is 9.98 Å². The predicted octanol–water partition coefficient (Wildman–Crippen LogP) is 2.36. The lowest BCUT2D eigenvalue weighted by molar-refractivity contribution is 0.473. The minimum absolute atomic E-state index is 0.526. The van der Waals surface area contributed by atoms with Crippen molar-refractivity contribution in [3.8, 4) is 0 Å². The van der Waals surface area contributed by atoms with E-state index in [0.29, 0.717) is 5.90 Å². The molecule has 3 heteroatoms. The molecular weight excluding hydrogens is 176 g/mol. The molecule has 2 heterocycles. The summed E-state index contributed by atoms with van der Waals surface area (Å²) < 4.78 is 5.29. The van der Waals surface area contributed by atoms with Gasteiger partial charge in [-0.05, 0) is 18.2 Å². The van der Waals surface area contributed by atoms with Crippen LogP contribution in [0.25, 0.3) is 0 Å². The largest absolute Gasteiger partial charge is 0.445 e. The molecule has 3 nitrogen and oxygen atoms in total. The molecule has 0 amide bonds. The van der Waals surface area contributed by atoms with Crippen LogP contribution < -0.4 is 0 Å². The van der Waals surface area contributed by atoms with Gasteiger partial charge in [-0.2, -0.15) is 0 Å². The third kappa shape index (κ3) is 2.07. The van der Waals surface area contributed by atoms with E-state index < -0.39 is 0 Å². The third-order valence-electron chi connectivity index (χ3n) is 1.73. The van der Waals surface area contributed by atoms with Crippen LogP contribution in [0, 0.1) is 0 Å². The summed E-state index contributed by atoms with van der Waals surface area (Å²) in [5.74, 6) is 0.526. The maximum Gasteiger partial charge on any atom is 0.244 e. The molecule has 70 valence electrons. The molecule has 2 rings (SSSR count). The van der Waals surface area contributed by atoms with Crippen LogP contribution in [0.2, 0.25) is 0 Å². The molecule has 0 N–H and O–H groups in total. The SMILES string of the molecule is C1=CCC=NC(C2=NC=CC=CO2)=C1. The molecule has 0 radical (unpaired) electrons. The van der Waals surface area contributed by atoms with E-state index in [9.17, 15) is 0 Å². The lowest BCUT2D eigenvalue weighted by Gasteiger charge is -2.01. The van der Waals surface area contributed by atoms with E-state index in [4.69, 9.17) is 4.74 Å². The Bertz CT molecular complexity index is 384. The van der Waals surface area contributed by atoms with Gasteiger partial charge in [0.25, 0.3) is 0 Å². The van der Waals surface area contributed by atoms with Crippen LogP contribution in [0.1, 0.15) is 6.42 Å². The Morgan fingerprint density at radius 1 is 1.21 bits per heavy atom. The molecule has 14 heavy (non-hydrogen) atoms. The number of ether oxygens (including phenoxy) is 1. The first-order valence-corrected chi connectivity index (χ1v) is 4.43. The number of nitrogens with zero attached hydrogens (tertiary/aromatic N) is 2. The van der Waals surface area contributed by atoms with E-state index >= 15 is 0 Å². The minimum Gasteiger partial charge on any atom is -0.445 e. The van der Waals surface area contributed by atoms with Crippen molar-refractivity contribution in [2.45, 2.75) is 6.42 Å². The molecule has 0 aromatic heterocycles. The quantitative estimate of drug-likeness (QED) is 0.619. The first-order valence-electron chi connectivity index (χ1n) is 4.43. The van der Waals surface area contributed by atoms with Gasteiger partial charge >= 0.3 is 0 Å². The fourth-order valence-corrected chi connectivity index (χ4v) is 1.09. The third-order valence-corrected chi connectivity index (χ3v) is 1.73. The molecule has 0 aromatic rings. The van der Waals surface area contributed by atoms with Gasteiger partial charge in [0.2, 0.25) is 5.90 Å². The molecule has 0 saturated heterocycles. The van der Waals surface area contributed by atoms with E-state index in [0.717, 1.165) is 12.1 Å². The normalized spacial score (nSPS) is 19.4. The summed E-state index contributed by atoms with van der Waals surface area (Å²) >= 11 is 0. The number of hydrogen-bond acceptors (Lipinski definition) is 3. The Labute approximate surface area is 82.5 Å². The van der Waals surface area contributed by atoms with Gasteiger partial charge in [-0.25, -0.2) is 4.99 Å². The molecule has 0 spiro atoms. The Morgan fingerprint density at radius 3 is 3.21 bits per heavy atom. The smallest absolute Gasteiger partial charge is 0.244 e. The number of rotatable bonds is 1. The number of hydrogen-bond donors (Lipinski definition) is 0. The average Bonchev–Trinajstić information content (AvgIpc) is 2.62. The van der Waals surface area contributed by atoms with Gasteiger partial charge < -0.3 is 4.74 Å². The van der Waals surface area contributed by atoms with Crippen molar-refractivity contribution in [1.82, 2.24) is 0 Å². The van der Waals surface area contributed by atoms with Gasteiger partial charge in [0, 0.05) is 18.8 Å². The molecular formula is C11H10N2O. The fourth-order valence-electron chi connectivity index (χ4n) is 1.09. The Hall–Kier alpha value is -1.90. The van der Waals surface area contributed by atoms with Gasteiger partial charge in [-0.15, -0.1) is 0 Å². The summed E-state index contributed by atoms with van der Waals surface area (Å²) in [4.78, 5) is 8.36. The van der Waals surface area contributed by atoms with E-state index in [1.165, 1.54) is 0 Å². The Balaban J connectivity index is 2.25. The summed E-state index contributed by atoms with van der Waals surface area (Å²) in [6, 6.07) is 0. The molecule has 0 unspecified atom stereocenters. The van der Waals surface area contributed by atoms with E-state index in [1.807, 2.05) is 30.5 Å². The highest BCUT2D eigenvalue weighted by Crippen LogP contribution is 2.08. The molecule has 0 aliphatic carbocycles. The zero-order chi connectivity index (χ0) is 9.64. The zero-order valence-corrected chi connectivity index (χ0v) is 7.63. The standard InChI is InChI=1S/C11H10N2O/c1-2-6-10(12-7-3-1)11-13-8-4-5-9-14-11/h1-2,4-9H,3H2. The highest BCUT2D eigenvalue weighted by Gasteiger charge is 2.06. The van der Waals surface area contributed by atoms with Crippen molar-refractivity contribution in [3.05, 3.63) is 48.5 Å². The summed E-state index contributed by atoms with van der Waals surface area (Å²) in [6.07, 6.45) is 15.4. The van der Waals surface area contributed by atoms with Gasteiger partial charge in [-0.3, -0.25) is 4.99 Å². The second-order valence-corrected chi connectivity index (χ2v) is 2.75. The van der Waals surface area contributed by atoms with Gasteiger partial charge in [-0.1, -0.05) is 12.2 Å². The minimum atomic E-state index is 0.526. The predicted molar refractivity (Wildman–Crippen MR) is 57.1 cm³/mol. The summed E-state index contributed by atoms with van der Waals surface area (Å²) in [7, 11) is 0. The molecule has 0 saturated carbocycles. The van der Waals surface area contributed by atoms with E-state index in [1.54, 1.807) is 18.5 Å². The first-order chi connectivity index (χ1) is 6.97. The van der Waals surface area contributed by atoms with Crippen LogP contribution in [0.15, 0.2) is 58.5 Å². The highest BCUT2D eigenvalue weighted by atomic mass is 16.5. The average molecular weight is 186 g/mol. The Morgan fingerprint density at radius 2 is 2.21 bits per heavy atom. The number of aliphatic imine (C=N–C) groups is 2. The molecule has 2 aliphatic rings. The second kappa shape index (κ2) is 4.37. The van der Waals surface area contributed by atoms with Crippen LogP contribution in [-0.4, -0.2) is 12.1 Å². The summed E-state index contributed by atoms with van der Waals surface area (Å²) in [6.45, 7) is 0. The van der Waals surface area contributed by atoms with Crippen LogP contribution in [0.3, 0.4) is 0 Å². The van der Waals surface area contributed by atoms with Crippen LogP contribution in [-0.2, 0) is 4.74 Å². The topological polar surface area (TPSA) is 34.0 Å². The van der Waals surface area contributed by atoms with Crippen molar-refractivity contribution in [2.24, 2.45) is 9.98 Å². The monoisotopic (exact) mass is 186 g/mol. The van der Waals surface area contributed by atoms with Gasteiger partial charge in [0.05, 0.1) is 6.26 Å². The zero-order valence-electron chi connectivity index (χ0n) is 7.63. The van der Waals surface area contributed by atoms with Gasteiger partial charge in [0.15, 0.2) is 0 Å². The van der Waals surface area contributed by atoms with Crippen LogP contribution in [0.5, 0.6) is 0 Å². The maximum atomic E-state index is 5.29. The first kappa shape index (κ1) is 8.69. The summed E-state index contributed by atoms with van der Waals surface area (Å²) in [5.41, 5.74) is 0.745. The molecule has 2 aliphatic heterocycles. The van der Waals surface area contributed by atoms with Crippen LogP contribution in [0.4, 0.5) is 0 Å². The Kier molecular flexibility index (Phi) is 2.71. The molecule has 0 bridgehead atoms. The fraction of sp³-hybridized carbons (Fsp3) is 0.0909. The summed E-state index contributed by atoms with van der Waals surface area (Å²) in [5, 5.41) is 0. The second-order valence-electron chi connectivity index (χ2n) is 2.75. The van der Waals surface area contributed by atoms with E-state index in [-0.39, 0.29) is 0 Å². The molecule has 0 atom stereocenters. The van der Waals surface area contributed by atoms with Crippen molar-refractivity contribution < 1.29 is 4.74 Å². The van der Waals surface area contributed by atoms with Crippen molar-refractivity contribution >= 4 is 12.1 Å². The molecule has 0 fully saturated rings. The van der Waals surface area contributed by atoms with Crippen molar-refractivity contribution in [2.75, 3.05) is 0 Å². The maximum absolute atomic E-state index is 5.29. The number of allylic oxidation sites excluding steroid dienone is 5. The van der Waals surface area contributed by atoms with Gasteiger partial charge in [0.1, 0.15) is 5.70 Å².